The maximum Gasteiger partial charge on any atom is 0.337 e. The van der Waals surface area contributed by atoms with Crippen molar-refractivity contribution in [1.82, 2.24) is 4.31 Å². The van der Waals surface area contributed by atoms with Gasteiger partial charge < -0.3 is 9.84 Å². The average Bonchev–Trinajstić information content (AvgIpc) is 2.41. The number of anilines is 1. The van der Waals surface area contributed by atoms with Gasteiger partial charge in [0.2, 0.25) is 0 Å². The van der Waals surface area contributed by atoms with Gasteiger partial charge in [0.15, 0.2) is 0 Å². The summed E-state index contributed by atoms with van der Waals surface area (Å²) in [6.45, 7) is 0.907. The van der Waals surface area contributed by atoms with E-state index in [4.69, 9.17) is 9.84 Å². The van der Waals surface area contributed by atoms with Crippen LogP contribution in [0.4, 0.5) is 10.1 Å². The highest BCUT2D eigenvalue weighted by molar-refractivity contribution is 7.90. The predicted molar refractivity (Wildman–Crippen MR) is 68.3 cm³/mol. The molecule has 0 spiro atoms. The van der Waals surface area contributed by atoms with Gasteiger partial charge in [-0.05, 0) is 18.2 Å². The summed E-state index contributed by atoms with van der Waals surface area (Å²) in [6.07, 6.45) is 0. The molecule has 0 aliphatic carbocycles. The van der Waals surface area contributed by atoms with Crippen molar-refractivity contribution in [2.24, 2.45) is 0 Å². The summed E-state index contributed by atoms with van der Waals surface area (Å²) < 4.78 is 45.6. The lowest BCUT2D eigenvalue weighted by molar-refractivity contribution is 0.0697. The second-order valence-corrected chi connectivity index (χ2v) is 5.78. The Bertz CT molecular complexity index is 613. The van der Waals surface area contributed by atoms with Gasteiger partial charge in [-0.15, -0.1) is 0 Å². The number of halogens is 1. The Morgan fingerprint density at radius 3 is 2.60 bits per heavy atom. The van der Waals surface area contributed by atoms with Crippen molar-refractivity contribution in [3.63, 3.8) is 0 Å². The zero-order valence-electron chi connectivity index (χ0n) is 10.4. The molecule has 110 valence electrons. The first-order chi connectivity index (χ1) is 9.40. The van der Waals surface area contributed by atoms with Gasteiger partial charge in [0, 0.05) is 13.1 Å². The molecule has 1 aliphatic rings. The number of benzene rings is 1. The van der Waals surface area contributed by atoms with Crippen molar-refractivity contribution in [1.29, 1.82) is 0 Å². The Balaban J connectivity index is 2.27. The van der Waals surface area contributed by atoms with Crippen LogP contribution in [0.15, 0.2) is 18.2 Å². The summed E-state index contributed by atoms with van der Waals surface area (Å²) in [5, 5.41) is 8.96. The second kappa shape index (κ2) is 5.73. The SMILES string of the molecule is O=C(O)c1cc(F)ccc1NS(=O)(=O)N1CCOCC1. The molecule has 0 saturated carbocycles. The number of morpholine rings is 1. The summed E-state index contributed by atoms with van der Waals surface area (Å²) in [4.78, 5) is 11.0. The number of carboxylic acids is 1. The largest absolute Gasteiger partial charge is 0.478 e. The van der Waals surface area contributed by atoms with E-state index in [0.717, 1.165) is 22.5 Å². The molecule has 7 nitrogen and oxygen atoms in total. The quantitative estimate of drug-likeness (QED) is 0.845. The van der Waals surface area contributed by atoms with E-state index < -0.39 is 27.6 Å². The van der Waals surface area contributed by atoms with Crippen molar-refractivity contribution in [2.45, 2.75) is 0 Å². The number of carbonyl (C=O) groups is 1. The van der Waals surface area contributed by atoms with E-state index in [2.05, 4.69) is 4.72 Å². The van der Waals surface area contributed by atoms with Crippen molar-refractivity contribution in [3.8, 4) is 0 Å². The first-order valence-corrected chi connectivity index (χ1v) is 7.22. The first-order valence-electron chi connectivity index (χ1n) is 5.78. The van der Waals surface area contributed by atoms with E-state index in [1.807, 2.05) is 0 Å². The number of hydrogen-bond acceptors (Lipinski definition) is 4. The lowest BCUT2D eigenvalue weighted by Crippen LogP contribution is -2.43. The topological polar surface area (TPSA) is 95.9 Å². The van der Waals surface area contributed by atoms with E-state index in [1.165, 1.54) is 0 Å². The fourth-order valence-corrected chi connectivity index (χ4v) is 2.99. The summed E-state index contributed by atoms with van der Waals surface area (Å²) in [5.41, 5.74) is -0.618. The van der Waals surface area contributed by atoms with Crippen LogP contribution in [0.25, 0.3) is 0 Å². The summed E-state index contributed by atoms with van der Waals surface area (Å²) in [5.74, 6) is -2.17. The first kappa shape index (κ1) is 14.7. The number of carboxylic acid groups (broad SMARTS) is 1. The highest BCUT2D eigenvalue weighted by atomic mass is 32.2. The number of aromatic carboxylic acids is 1. The molecule has 1 heterocycles. The van der Waals surface area contributed by atoms with Crippen LogP contribution in [-0.4, -0.2) is 50.1 Å². The number of nitrogens with one attached hydrogen (secondary N) is 1. The lowest BCUT2D eigenvalue weighted by Gasteiger charge is -2.26. The molecule has 2 rings (SSSR count). The van der Waals surface area contributed by atoms with Gasteiger partial charge in [0.25, 0.3) is 0 Å². The van der Waals surface area contributed by atoms with Crippen LogP contribution in [-0.2, 0) is 14.9 Å². The Hall–Kier alpha value is -1.71. The molecule has 0 bridgehead atoms. The van der Waals surface area contributed by atoms with Crippen LogP contribution in [0, 0.1) is 5.82 Å². The molecule has 1 aromatic carbocycles. The van der Waals surface area contributed by atoms with Gasteiger partial charge in [0.05, 0.1) is 24.5 Å². The molecule has 1 fully saturated rings. The maximum absolute atomic E-state index is 13.0. The summed E-state index contributed by atoms with van der Waals surface area (Å²) >= 11 is 0. The second-order valence-electron chi connectivity index (χ2n) is 4.11. The average molecular weight is 304 g/mol. The van der Waals surface area contributed by atoms with E-state index >= 15 is 0 Å². The van der Waals surface area contributed by atoms with Crippen molar-refractivity contribution < 1.29 is 27.4 Å². The Kier molecular flexibility index (Phi) is 4.21. The zero-order valence-corrected chi connectivity index (χ0v) is 11.2. The molecule has 0 atom stereocenters. The van der Waals surface area contributed by atoms with Gasteiger partial charge in [-0.3, -0.25) is 4.72 Å². The van der Waals surface area contributed by atoms with E-state index in [1.54, 1.807) is 0 Å². The minimum atomic E-state index is -3.89. The van der Waals surface area contributed by atoms with Crippen LogP contribution in [0.3, 0.4) is 0 Å². The third-order valence-electron chi connectivity index (χ3n) is 2.76. The molecule has 9 heteroatoms. The Labute approximate surface area is 115 Å². The predicted octanol–water partition coefficient (Wildman–Crippen LogP) is 0.513. The molecule has 2 N–H and O–H groups in total. The molecule has 0 aromatic heterocycles. The molecule has 0 amide bonds. The zero-order chi connectivity index (χ0) is 14.8. The van der Waals surface area contributed by atoms with Gasteiger partial charge in [-0.25, -0.2) is 9.18 Å². The number of ether oxygens (including phenoxy) is 1. The molecule has 20 heavy (non-hydrogen) atoms. The minimum absolute atomic E-state index is 0.176. The van der Waals surface area contributed by atoms with E-state index in [9.17, 15) is 17.6 Å². The number of hydrogen-bond donors (Lipinski definition) is 2. The maximum atomic E-state index is 13.0. The third kappa shape index (κ3) is 3.24. The molecule has 0 unspecified atom stereocenters. The van der Waals surface area contributed by atoms with Crippen LogP contribution < -0.4 is 4.72 Å². The normalized spacial score (nSPS) is 16.9. The van der Waals surface area contributed by atoms with Crippen LogP contribution in [0.5, 0.6) is 0 Å². The molecule has 1 aliphatic heterocycles. The molecule has 0 radical (unpaired) electrons. The monoisotopic (exact) mass is 304 g/mol. The smallest absolute Gasteiger partial charge is 0.337 e. The fourth-order valence-electron chi connectivity index (χ4n) is 1.77. The van der Waals surface area contributed by atoms with Crippen LogP contribution >= 0.6 is 0 Å². The number of nitrogens with zero attached hydrogens (tertiary/aromatic N) is 1. The lowest BCUT2D eigenvalue weighted by atomic mass is 10.2. The molecular weight excluding hydrogens is 291 g/mol. The third-order valence-corrected chi connectivity index (χ3v) is 4.28. The molecular formula is C11H13FN2O5S. The highest BCUT2D eigenvalue weighted by Gasteiger charge is 2.25. The summed E-state index contributed by atoms with van der Waals surface area (Å²) in [7, 11) is -3.89. The van der Waals surface area contributed by atoms with Crippen LogP contribution in [0.1, 0.15) is 10.4 Å². The Morgan fingerprint density at radius 1 is 1.35 bits per heavy atom. The van der Waals surface area contributed by atoms with Gasteiger partial charge in [-0.1, -0.05) is 0 Å². The van der Waals surface area contributed by atoms with Gasteiger partial charge in [0.1, 0.15) is 5.82 Å². The summed E-state index contributed by atoms with van der Waals surface area (Å²) in [6, 6.07) is 2.83. The van der Waals surface area contributed by atoms with E-state index in [0.29, 0.717) is 0 Å². The fraction of sp³-hybridized carbons (Fsp3) is 0.364. The van der Waals surface area contributed by atoms with Gasteiger partial charge >= 0.3 is 16.2 Å². The van der Waals surface area contributed by atoms with Crippen molar-refractivity contribution in [2.75, 3.05) is 31.0 Å². The Morgan fingerprint density at radius 2 is 2.00 bits per heavy atom. The highest BCUT2D eigenvalue weighted by Crippen LogP contribution is 2.20. The minimum Gasteiger partial charge on any atom is -0.478 e. The van der Waals surface area contributed by atoms with E-state index in [-0.39, 0.29) is 32.0 Å². The standard InChI is InChI=1S/C11H13FN2O5S/c12-8-1-2-10(9(7-8)11(15)16)13-20(17,18)14-3-5-19-6-4-14/h1-2,7,13H,3-6H2,(H,15,16). The number of rotatable bonds is 4. The van der Waals surface area contributed by atoms with Crippen molar-refractivity contribution in [3.05, 3.63) is 29.6 Å². The van der Waals surface area contributed by atoms with Crippen LogP contribution in [0.2, 0.25) is 0 Å². The molecule has 1 saturated heterocycles. The van der Waals surface area contributed by atoms with Gasteiger partial charge in [-0.2, -0.15) is 12.7 Å². The van der Waals surface area contributed by atoms with Crippen molar-refractivity contribution >= 4 is 21.9 Å². The molecule has 1 aromatic rings.